The van der Waals surface area contributed by atoms with Gasteiger partial charge in [-0.1, -0.05) is 18.2 Å². The molecular formula is C10H10N2OS. The quantitative estimate of drug-likeness (QED) is 0.662. The second-order valence-electron chi connectivity index (χ2n) is 3.55. The SMILES string of the molecule is O=C1NNCC2c3ccccc3SC12. The Morgan fingerprint density at radius 3 is 3.14 bits per heavy atom. The fraction of sp³-hybridized carbons (Fsp3) is 0.300. The number of nitrogens with one attached hydrogen (secondary N) is 2. The fourth-order valence-electron chi connectivity index (χ4n) is 2.05. The molecule has 1 aromatic carbocycles. The minimum absolute atomic E-state index is 0.0636. The van der Waals surface area contributed by atoms with E-state index in [9.17, 15) is 4.79 Å². The van der Waals surface area contributed by atoms with Gasteiger partial charge in [0.15, 0.2) is 0 Å². The summed E-state index contributed by atoms with van der Waals surface area (Å²) in [7, 11) is 0. The van der Waals surface area contributed by atoms with Gasteiger partial charge >= 0.3 is 0 Å². The first-order chi connectivity index (χ1) is 6.86. The highest BCUT2D eigenvalue weighted by Crippen LogP contribution is 2.45. The molecule has 2 unspecified atom stereocenters. The Morgan fingerprint density at radius 1 is 1.36 bits per heavy atom. The second kappa shape index (κ2) is 3.00. The lowest BCUT2D eigenvalue weighted by Gasteiger charge is -2.25. The highest BCUT2D eigenvalue weighted by Gasteiger charge is 2.40. The Bertz CT molecular complexity index is 393. The van der Waals surface area contributed by atoms with Crippen molar-refractivity contribution in [1.29, 1.82) is 0 Å². The molecule has 1 amide bonds. The number of hydrogen-bond acceptors (Lipinski definition) is 3. The number of fused-ring (bicyclic) bond motifs is 3. The molecule has 2 aliphatic heterocycles. The number of thioether (sulfide) groups is 1. The highest BCUT2D eigenvalue weighted by molar-refractivity contribution is 8.01. The molecule has 2 heterocycles. The third kappa shape index (κ3) is 1.07. The summed E-state index contributed by atoms with van der Waals surface area (Å²) in [4.78, 5) is 12.8. The Labute approximate surface area is 86.2 Å². The maximum atomic E-state index is 11.5. The average molecular weight is 206 g/mol. The lowest BCUT2D eigenvalue weighted by atomic mass is 9.94. The molecule has 0 bridgehead atoms. The van der Waals surface area contributed by atoms with Crippen molar-refractivity contribution in [2.75, 3.05) is 6.54 Å². The standard InChI is InChI=1S/C10H10N2OS/c13-10-9-7(5-11-12-10)6-3-1-2-4-8(6)14-9/h1-4,7,9,11H,5H2,(H,12,13). The van der Waals surface area contributed by atoms with Crippen molar-refractivity contribution in [3.8, 4) is 0 Å². The number of rotatable bonds is 0. The van der Waals surface area contributed by atoms with Crippen LogP contribution in [-0.2, 0) is 4.79 Å². The summed E-state index contributed by atoms with van der Waals surface area (Å²) in [5, 5.41) is 0.0636. The van der Waals surface area contributed by atoms with Crippen LogP contribution in [0.4, 0.5) is 0 Å². The molecule has 72 valence electrons. The monoisotopic (exact) mass is 206 g/mol. The lowest BCUT2D eigenvalue weighted by Crippen LogP contribution is -2.51. The minimum atomic E-state index is 0.0636. The first-order valence-corrected chi connectivity index (χ1v) is 5.52. The Morgan fingerprint density at radius 2 is 2.21 bits per heavy atom. The molecule has 1 fully saturated rings. The van der Waals surface area contributed by atoms with Gasteiger partial charge in [0.2, 0.25) is 5.91 Å². The summed E-state index contributed by atoms with van der Waals surface area (Å²) in [6.45, 7) is 0.834. The number of carbonyl (C=O) groups is 1. The van der Waals surface area contributed by atoms with E-state index in [1.807, 2.05) is 12.1 Å². The summed E-state index contributed by atoms with van der Waals surface area (Å²) < 4.78 is 0. The van der Waals surface area contributed by atoms with Crippen molar-refractivity contribution >= 4 is 17.7 Å². The van der Waals surface area contributed by atoms with E-state index < -0.39 is 0 Å². The lowest BCUT2D eigenvalue weighted by molar-refractivity contribution is -0.123. The van der Waals surface area contributed by atoms with Crippen LogP contribution >= 0.6 is 11.8 Å². The minimum Gasteiger partial charge on any atom is -0.291 e. The zero-order valence-electron chi connectivity index (χ0n) is 7.49. The first kappa shape index (κ1) is 8.32. The summed E-state index contributed by atoms with van der Waals surface area (Å²) in [5.41, 5.74) is 6.92. The molecule has 4 heteroatoms. The van der Waals surface area contributed by atoms with E-state index in [4.69, 9.17) is 0 Å². The smallest absolute Gasteiger partial charge is 0.248 e. The highest BCUT2D eigenvalue weighted by atomic mass is 32.2. The normalized spacial score (nSPS) is 29.3. The maximum absolute atomic E-state index is 11.5. The van der Waals surface area contributed by atoms with Crippen molar-refractivity contribution < 1.29 is 4.79 Å². The number of carbonyl (C=O) groups excluding carboxylic acids is 1. The second-order valence-corrected chi connectivity index (χ2v) is 4.74. The van der Waals surface area contributed by atoms with Crippen LogP contribution in [0, 0.1) is 0 Å². The molecule has 1 saturated heterocycles. The maximum Gasteiger partial charge on any atom is 0.248 e. The van der Waals surface area contributed by atoms with Crippen molar-refractivity contribution in [2.24, 2.45) is 0 Å². The molecule has 0 saturated carbocycles. The van der Waals surface area contributed by atoms with Crippen molar-refractivity contribution in [2.45, 2.75) is 16.1 Å². The van der Waals surface area contributed by atoms with E-state index in [0.29, 0.717) is 5.92 Å². The first-order valence-electron chi connectivity index (χ1n) is 4.64. The van der Waals surface area contributed by atoms with Crippen LogP contribution in [0.2, 0.25) is 0 Å². The predicted molar refractivity (Wildman–Crippen MR) is 55.0 cm³/mol. The Balaban J connectivity index is 2.04. The third-order valence-corrected chi connectivity index (χ3v) is 4.15. The molecule has 3 rings (SSSR count). The molecule has 0 spiro atoms. The van der Waals surface area contributed by atoms with Gasteiger partial charge in [-0.2, -0.15) is 0 Å². The summed E-state index contributed by atoms with van der Waals surface area (Å²) >= 11 is 1.68. The van der Waals surface area contributed by atoms with Gasteiger partial charge in [-0.15, -0.1) is 11.8 Å². The van der Waals surface area contributed by atoms with Gasteiger partial charge in [0.1, 0.15) is 0 Å². The largest absolute Gasteiger partial charge is 0.291 e. The number of benzene rings is 1. The zero-order valence-corrected chi connectivity index (χ0v) is 8.30. The van der Waals surface area contributed by atoms with Crippen LogP contribution in [0.3, 0.4) is 0 Å². The number of hydrogen-bond donors (Lipinski definition) is 2. The van der Waals surface area contributed by atoms with Gasteiger partial charge in [0.05, 0.1) is 5.25 Å². The van der Waals surface area contributed by atoms with Crippen LogP contribution in [-0.4, -0.2) is 17.7 Å². The van der Waals surface area contributed by atoms with E-state index in [0.717, 1.165) is 6.54 Å². The van der Waals surface area contributed by atoms with E-state index in [-0.39, 0.29) is 11.2 Å². The van der Waals surface area contributed by atoms with E-state index in [2.05, 4.69) is 23.0 Å². The van der Waals surface area contributed by atoms with Crippen LogP contribution in [0.25, 0.3) is 0 Å². The predicted octanol–water partition coefficient (Wildman–Crippen LogP) is 0.879. The van der Waals surface area contributed by atoms with Crippen LogP contribution in [0.1, 0.15) is 11.5 Å². The van der Waals surface area contributed by atoms with E-state index >= 15 is 0 Å². The van der Waals surface area contributed by atoms with E-state index in [1.54, 1.807) is 11.8 Å². The molecular weight excluding hydrogens is 196 g/mol. The zero-order chi connectivity index (χ0) is 9.54. The van der Waals surface area contributed by atoms with Crippen LogP contribution in [0.15, 0.2) is 29.2 Å². The molecule has 0 aromatic heterocycles. The van der Waals surface area contributed by atoms with Gasteiger partial charge in [0, 0.05) is 17.4 Å². The van der Waals surface area contributed by atoms with Crippen LogP contribution < -0.4 is 10.9 Å². The van der Waals surface area contributed by atoms with Crippen molar-refractivity contribution in [3.63, 3.8) is 0 Å². The van der Waals surface area contributed by atoms with E-state index in [1.165, 1.54) is 10.5 Å². The van der Waals surface area contributed by atoms with Gasteiger partial charge in [-0.25, -0.2) is 5.43 Å². The topological polar surface area (TPSA) is 41.1 Å². The molecule has 14 heavy (non-hydrogen) atoms. The molecule has 2 atom stereocenters. The molecule has 3 nitrogen and oxygen atoms in total. The van der Waals surface area contributed by atoms with Gasteiger partial charge in [-0.05, 0) is 11.6 Å². The van der Waals surface area contributed by atoms with Crippen molar-refractivity contribution in [1.82, 2.24) is 10.9 Å². The summed E-state index contributed by atoms with van der Waals surface area (Å²) in [5.74, 6) is 0.437. The van der Waals surface area contributed by atoms with Gasteiger partial charge in [-0.3, -0.25) is 10.2 Å². The van der Waals surface area contributed by atoms with Crippen LogP contribution in [0.5, 0.6) is 0 Å². The molecule has 1 aromatic rings. The number of amides is 1. The third-order valence-electron chi connectivity index (χ3n) is 2.73. The molecule has 0 aliphatic carbocycles. The molecule has 2 aliphatic rings. The fourth-order valence-corrected chi connectivity index (χ4v) is 3.41. The summed E-state index contributed by atoms with van der Waals surface area (Å²) in [6, 6.07) is 8.27. The Kier molecular flexibility index (Phi) is 1.78. The van der Waals surface area contributed by atoms with Gasteiger partial charge in [0.25, 0.3) is 0 Å². The molecule has 2 N–H and O–H groups in total. The Hall–Kier alpha value is -1.00. The number of hydrazine groups is 1. The molecule has 0 radical (unpaired) electrons. The van der Waals surface area contributed by atoms with Crippen molar-refractivity contribution in [3.05, 3.63) is 29.8 Å². The van der Waals surface area contributed by atoms with Gasteiger partial charge < -0.3 is 0 Å². The average Bonchev–Trinajstić information content (AvgIpc) is 2.59. The summed E-state index contributed by atoms with van der Waals surface area (Å²) in [6.07, 6.45) is 0.